The lowest BCUT2D eigenvalue weighted by atomic mass is 10.0. The van der Waals surface area contributed by atoms with Crippen molar-refractivity contribution in [2.45, 2.75) is 19.8 Å². The number of benzene rings is 2. The number of carbonyl (C=O) groups excluding carboxylic acids is 1. The lowest BCUT2D eigenvalue weighted by molar-refractivity contribution is -0.116. The van der Waals surface area contributed by atoms with E-state index in [1.54, 1.807) is 7.11 Å². The molecule has 0 atom stereocenters. The van der Waals surface area contributed by atoms with Gasteiger partial charge in [0.15, 0.2) is 0 Å². The third-order valence-corrected chi connectivity index (χ3v) is 5.32. The number of methoxy groups -OCH3 is 1. The molecule has 6 nitrogen and oxygen atoms in total. The molecule has 0 aliphatic heterocycles. The fourth-order valence-corrected chi connectivity index (χ4v) is 3.84. The van der Waals surface area contributed by atoms with Gasteiger partial charge in [0.05, 0.1) is 7.11 Å². The van der Waals surface area contributed by atoms with Gasteiger partial charge >= 0.3 is 0 Å². The van der Waals surface area contributed by atoms with Crippen molar-refractivity contribution >= 4 is 33.3 Å². The molecule has 28 heavy (non-hydrogen) atoms. The largest absolute Gasteiger partial charge is 0.497 e. The molecule has 2 aromatic heterocycles. The van der Waals surface area contributed by atoms with Crippen LogP contribution in [0.15, 0.2) is 48.5 Å². The highest BCUT2D eigenvalue weighted by Gasteiger charge is 2.15. The van der Waals surface area contributed by atoms with Gasteiger partial charge in [-0.1, -0.05) is 29.5 Å². The Morgan fingerprint density at radius 1 is 1.14 bits per heavy atom. The van der Waals surface area contributed by atoms with Gasteiger partial charge in [-0.25, -0.2) is 0 Å². The minimum atomic E-state index is -0.0675. The van der Waals surface area contributed by atoms with Crippen molar-refractivity contribution in [1.29, 1.82) is 0 Å². The van der Waals surface area contributed by atoms with Gasteiger partial charge in [-0.2, -0.15) is 0 Å². The number of aromatic amines is 1. The molecule has 4 rings (SSSR count). The summed E-state index contributed by atoms with van der Waals surface area (Å²) in [7, 11) is 1.65. The summed E-state index contributed by atoms with van der Waals surface area (Å²) in [5.41, 5.74) is 4.28. The number of anilines is 1. The Kier molecular flexibility index (Phi) is 5.08. The maximum atomic E-state index is 12.4. The number of hydrogen-bond donors (Lipinski definition) is 2. The fraction of sp³-hybridized carbons (Fsp3) is 0.190. The van der Waals surface area contributed by atoms with Crippen molar-refractivity contribution in [3.63, 3.8) is 0 Å². The second kappa shape index (κ2) is 7.82. The first-order valence-corrected chi connectivity index (χ1v) is 9.79. The third kappa shape index (κ3) is 3.75. The van der Waals surface area contributed by atoms with E-state index in [4.69, 9.17) is 4.74 Å². The van der Waals surface area contributed by atoms with E-state index in [0.29, 0.717) is 18.0 Å². The highest BCUT2D eigenvalue weighted by Crippen LogP contribution is 2.32. The number of hydrogen-bond acceptors (Lipinski definition) is 5. The minimum absolute atomic E-state index is 0.0675. The van der Waals surface area contributed by atoms with Crippen LogP contribution in [0.5, 0.6) is 5.75 Å². The molecular weight excluding hydrogens is 372 g/mol. The summed E-state index contributed by atoms with van der Waals surface area (Å²) in [6, 6.07) is 16.1. The summed E-state index contributed by atoms with van der Waals surface area (Å²) >= 11 is 1.37. The minimum Gasteiger partial charge on any atom is -0.497 e. The summed E-state index contributed by atoms with van der Waals surface area (Å²) in [4.78, 5) is 15.9. The number of H-pyrrole nitrogens is 1. The summed E-state index contributed by atoms with van der Waals surface area (Å²) in [6.07, 6.45) is 0.985. The van der Waals surface area contributed by atoms with Crippen LogP contribution in [0.3, 0.4) is 0 Å². The van der Waals surface area contributed by atoms with Crippen LogP contribution in [-0.4, -0.2) is 28.2 Å². The molecule has 7 heteroatoms. The smallest absolute Gasteiger partial charge is 0.226 e. The zero-order chi connectivity index (χ0) is 19.5. The molecule has 4 aromatic rings. The summed E-state index contributed by atoms with van der Waals surface area (Å²) < 4.78 is 5.26. The van der Waals surface area contributed by atoms with Crippen LogP contribution in [0.25, 0.3) is 22.2 Å². The molecule has 142 valence electrons. The number of aromatic nitrogens is 3. The molecule has 0 saturated carbocycles. The number of nitrogens with one attached hydrogen (secondary N) is 2. The van der Waals surface area contributed by atoms with E-state index >= 15 is 0 Å². The monoisotopic (exact) mass is 392 g/mol. The van der Waals surface area contributed by atoms with Crippen LogP contribution in [0.4, 0.5) is 5.13 Å². The molecule has 2 heterocycles. The molecule has 0 bridgehead atoms. The Labute approximate surface area is 166 Å². The van der Waals surface area contributed by atoms with Gasteiger partial charge in [0.2, 0.25) is 11.0 Å². The van der Waals surface area contributed by atoms with Crippen LogP contribution in [0.1, 0.15) is 17.0 Å². The number of nitrogens with zero attached hydrogens (tertiary/aromatic N) is 2. The van der Waals surface area contributed by atoms with Gasteiger partial charge in [0.25, 0.3) is 0 Å². The zero-order valence-electron chi connectivity index (χ0n) is 15.7. The Morgan fingerprint density at radius 2 is 1.93 bits per heavy atom. The second-order valence-corrected chi connectivity index (χ2v) is 7.61. The van der Waals surface area contributed by atoms with Crippen LogP contribution < -0.4 is 10.1 Å². The summed E-state index contributed by atoms with van der Waals surface area (Å²) in [5, 5.41) is 13.2. The van der Waals surface area contributed by atoms with Gasteiger partial charge < -0.3 is 15.0 Å². The molecule has 2 N–H and O–H groups in total. The highest BCUT2D eigenvalue weighted by molar-refractivity contribution is 7.15. The Bertz CT molecular complexity index is 1120. The van der Waals surface area contributed by atoms with E-state index in [0.717, 1.165) is 38.5 Å². The maximum Gasteiger partial charge on any atom is 0.226 e. The van der Waals surface area contributed by atoms with Crippen molar-refractivity contribution in [2.75, 3.05) is 12.4 Å². The molecule has 2 aromatic carbocycles. The molecule has 0 fully saturated rings. The van der Waals surface area contributed by atoms with Crippen LogP contribution in [-0.2, 0) is 11.2 Å². The Morgan fingerprint density at radius 3 is 2.64 bits per heavy atom. The van der Waals surface area contributed by atoms with Crippen molar-refractivity contribution in [3.05, 3.63) is 59.1 Å². The van der Waals surface area contributed by atoms with Gasteiger partial charge in [0.1, 0.15) is 10.8 Å². The normalized spacial score (nSPS) is 10.9. The number of amides is 1. The molecule has 1 amide bonds. The maximum absolute atomic E-state index is 12.4. The molecule has 0 radical (unpaired) electrons. The standard InChI is InChI=1S/C21H20N4O2S/c1-13-24-25-21(28-13)23-19(26)12-11-17-16-5-3-4-6-18(16)22-20(17)14-7-9-15(27-2)10-8-14/h3-10,22H,11-12H2,1-2H3,(H,23,25,26). The first kappa shape index (κ1) is 18.2. The van der Waals surface area contributed by atoms with Gasteiger partial charge in [0, 0.05) is 23.0 Å². The molecule has 0 aliphatic rings. The van der Waals surface area contributed by atoms with Gasteiger partial charge in [-0.3, -0.25) is 4.79 Å². The number of para-hydroxylation sites is 1. The highest BCUT2D eigenvalue weighted by atomic mass is 32.1. The van der Waals surface area contributed by atoms with Crippen LogP contribution >= 0.6 is 11.3 Å². The average Bonchev–Trinajstić information content (AvgIpc) is 3.29. The van der Waals surface area contributed by atoms with E-state index in [-0.39, 0.29) is 5.91 Å². The molecular formula is C21H20N4O2S. The first-order valence-electron chi connectivity index (χ1n) is 8.98. The SMILES string of the molecule is COc1ccc(-c2[nH]c3ccccc3c2CCC(=O)Nc2nnc(C)s2)cc1. The predicted octanol–water partition coefficient (Wildman–Crippen LogP) is 4.57. The molecule has 0 saturated heterocycles. The number of fused-ring (bicyclic) bond motifs is 1. The fourth-order valence-electron chi connectivity index (χ4n) is 3.23. The second-order valence-electron chi connectivity index (χ2n) is 6.43. The van der Waals surface area contributed by atoms with Crippen molar-refractivity contribution in [1.82, 2.24) is 15.2 Å². The summed E-state index contributed by atoms with van der Waals surface area (Å²) in [5.74, 6) is 0.746. The van der Waals surface area contributed by atoms with Crippen molar-refractivity contribution in [2.24, 2.45) is 0 Å². The lowest BCUT2D eigenvalue weighted by Gasteiger charge is -2.07. The molecule has 0 unspecified atom stereocenters. The number of ether oxygens (including phenoxy) is 1. The first-order chi connectivity index (χ1) is 13.6. The van der Waals surface area contributed by atoms with Crippen LogP contribution in [0, 0.1) is 6.92 Å². The van der Waals surface area contributed by atoms with Gasteiger partial charge in [-0.15, -0.1) is 10.2 Å². The molecule has 0 spiro atoms. The van der Waals surface area contributed by atoms with E-state index in [1.807, 2.05) is 43.3 Å². The van der Waals surface area contributed by atoms with Crippen molar-refractivity contribution < 1.29 is 9.53 Å². The predicted molar refractivity (Wildman–Crippen MR) is 112 cm³/mol. The number of aryl methyl sites for hydroxylation is 2. The van der Waals surface area contributed by atoms with E-state index in [1.165, 1.54) is 11.3 Å². The average molecular weight is 392 g/mol. The van der Waals surface area contributed by atoms with E-state index in [2.05, 4.69) is 32.6 Å². The Hall–Kier alpha value is -3.19. The van der Waals surface area contributed by atoms with E-state index in [9.17, 15) is 4.79 Å². The van der Waals surface area contributed by atoms with Crippen LogP contribution in [0.2, 0.25) is 0 Å². The zero-order valence-corrected chi connectivity index (χ0v) is 16.5. The number of rotatable bonds is 6. The summed E-state index contributed by atoms with van der Waals surface area (Å²) in [6.45, 7) is 1.86. The van der Waals surface area contributed by atoms with Gasteiger partial charge in [-0.05, 0) is 54.8 Å². The van der Waals surface area contributed by atoms with E-state index < -0.39 is 0 Å². The quantitative estimate of drug-likeness (QED) is 0.503. The molecule has 0 aliphatic carbocycles. The topological polar surface area (TPSA) is 79.9 Å². The Balaban J connectivity index is 1.60. The third-order valence-electron chi connectivity index (χ3n) is 4.57. The number of carbonyl (C=O) groups is 1. The van der Waals surface area contributed by atoms with Crippen molar-refractivity contribution in [3.8, 4) is 17.0 Å². The lowest BCUT2D eigenvalue weighted by Crippen LogP contribution is -2.12.